The van der Waals surface area contributed by atoms with Gasteiger partial charge in [0, 0.05) is 13.0 Å². The summed E-state index contributed by atoms with van der Waals surface area (Å²) in [5.74, 6) is -0.422. The maximum Gasteiger partial charge on any atom is 0.397 e. The van der Waals surface area contributed by atoms with Crippen molar-refractivity contribution in [2.75, 3.05) is 26.4 Å². The highest BCUT2D eigenvalue weighted by Crippen LogP contribution is 2.26. The van der Waals surface area contributed by atoms with Gasteiger partial charge in [-0.1, -0.05) is 169 Å². The first-order valence-corrected chi connectivity index (χ1v) is 26.4. The summed E-state index contributed by atoms with van der Waals surface area (Å²) in [6, 6.07) is 0. The Morgan fingerprint density at radius 2 is 1.05 bits per heavy atom. The first-order valence-electron chi connectivity index (χ1n) is 25.0. The van der Waals surface area contributed by atoms with Crippen LogP contribution in [0.5, 0.6) is 0 Å². The van der Waals surface area contributed by atoms with Crippen molar-refractivity contribution in [3.63, 3.8) is 0 Å². The molecule has 0 aromatic carbocycles. The molecule has 1 heterocycles. The van der Waals surface area contributed by atoms with E-state index >= 15 is 0 Å². The minimum atomic E-state index is -5.07. The second-order valence-corrected chi connectivity index (χ2v) is 17.7. The van der Waals surface area contributed by atoms with Crippen molar-refractivity contribution >= 4 is 16.4 Å². The van der Waals surface area contributed by atoms with Gasteiger partial charge in [0.15, 0.2) is 6.29 Å². The third-order valence-corrected chi connectivity index (χ3v) is 11.1. The Morgan fingerprint density at radius 3 is 1.53 bits per heavy atom. The zero-order valence-corrected chi connectivity index (χ0v) is 41.3. The number of esters is 1. The number of hydrogen-bond acceptors (Lipinski definition) is 11. The zero-order valence-electron chi connectivity index (χ0n) is 40.5. The molecular formula is C53H88O12S. The fourth-order valence-electron chi connectivity index (χ4n) is 6.95. The Balaban J connectivity index is 2.38. The summed E-state index contributed by atoms with van der Waals surface area (Å²) in [5.41, 5.74) is 0. The van der Waals surface area contributed by atoms with Gasteiger partial charge in [-0.3, -0.25) is 9.35 Å². The molecule has 1 aliphatic heterocycles. The maximum atomic E-state index is 12.9. The molecule has 0 bridgehead atoms. The number of carbonyl (C=O) groups excluding carboxylic acids is 1. The number of unbranched alkanes of at least 4 members (excludes halogenated alkanes) is 13. The maximum absolute atomic E-state index is 12.9. The molecule has 66 heavy (non-hydrogen) atoms. The van der Waals surface area contributed by atoms with E-state index in [2.05, 4.69) is 115 Å². The van der Waals surface area contributed by atoms with Crippen molar-refractivity contribution in [1.29, 1.82) is 0 Å². The average molecular weight is 949 g/mol. The Labute approximate surface area is 399 Å². The molecule has 6 unspecified atom stereocenters. The monoisotopic (exact) mass is 949 g/mol. The molecule has 12 nitrogen and oxygen atoms in total. The summed E-state index contributed by atoms with van der Waals surface area (Å²) in [4.78, 5) is 12.9. The van der Waals surface area contributed by atoms with E-state index in [0.29, 0.717) is 13.0 Å². The van der Waals surface area contributed by atoms with E-state index in [0.717, 1.165) is 122 Å². The standard InChI is InChI=1S/C53H88O12S/c1-3-5-7-9-11-13-15-17-19-20-21-22-23-24-25-26-27-28-29-30-32-34-36-38-40-42-49(55)63-47(45-61-43-41-39-37-35-33-31-18-16-14-12-10-8-6-4-2)46-62-53-51(57)52(65-66(58,59)60)50(56)48(44-54)64-53/h5,7-8,10-11,13-14,16-17,19,21-22,24-25,27-28,47-48,50-54,56-57H,3-4,6,9,12,15,18,20,23,26,29-46H2,1-2H3,(H,58,59,60)/b7-5-,10-8-,13-11-,16-14-,19-17-,22-21-,25-24-,28-27-. The summed E-state index contributed by atoms with van der Waals surface area (Å²) in [6.07, 6.45) is 50.1. The van der Waals surface area contributed by atoms with Crippen LogP contribution in [-0.2, 0) is 38.3 Å². The van der Waals surface area contributed by atoms with Crippen LogP contribution in [-0.4, -0.2) is 97.5 Å². The Kier molecular flexibility index (Phi) is 40.1. The smallest absolute Gasteiger partial charge is 0.397 e. The predicted molar refractivity (Wildman–Crippen MR) is 266 cm³/mol. The molecule has 1 saturated heterocycles. The molecule has 0 aromatic heterocycles. The van der Waals surface area contributed by atoms with Crippen LogP contribution in [0.2, 0.25) is 0 Å². The number of carbonyl (C=O) groups is 1. The first-order chi connectivity index (χ1) is 32.1. The molecule has 0 aromatic rings. The number of hydrogen-bond donors (Lipinski definition) is 4. The molecule has 0 radical (unpaired) electrons. The van der Waals surface area contributed by atoms with Crippen LogP contribution in [0.25, 0.3) is 0 Å². The molecule has 1 rings (SSSR count). The summed E-state index contributed by atoms with van der Waals surface area (Å²) >= 11 is 0. The molecule has 0 spiro atoms. The molecule has 1 fully saturated rings. The van der Waals surface area contributed by atoms with Gasteiger partial charge in [0.05, 0.1) is 19.8 Å². The van der Waals surface area contributed by atoms with Gasteiger partial charge in [0.1, 0.15) is 30.5 Å². The van der Waals surface area contributed by atoms with Crippen LogP contribution >= 0.6 is 0 Å². The lowest BCUT2D eigenvalue weighted by atomic mass is 9.99. The second kappa shape index (κ2) is 43.3. The van der Waals surface area contributed by atoms with E-state index in [9.17, 15) is 33.1 Å². The molecule has 6 atom stereocenters. The minimum absolute atomic E-state index is 0.0162. The average Bonchev–Trinajstić information content (AvgIpc) is 3.29. The van der Waals surface area contributed by atoms with Crippen molar-refractivity contribution < 1.29 is 56.2 Å². The normalized spacial score (nSPS) is 20.4. The molecular weight excluding hydrogens is 861 g/mol. The second-order valence-electron chi connectivity index (χ2n) is 16.7. The quantitative estimate of drug-likeness (QED) is 0.0197. The van der Waals surface area contributed by atoms with Crippen molar-refractivity contribution in [1.82, 2.24) is 0 Å². The van der Waals surface area contributed by atoms with E-state index in [1.54, 1.807) is 0 Å². The van der Waals surface area contributed by atoms with E-state index < -0.39 is 59.8 Å². The van der Waals surface area contributed by atoms with Crippen LogP contribution in [0.15, 0.2) is 97.2 Å². The van der Waals surface area contributed by atoms with Crippen molar-refractivity contribution in [2.45, 2.75) is 205 Å². The fourth-order valence-corrected chi connectivity index (χ4v) is 7.46. The van der Waals surface area contributed by atoms with E-state index in [1.165, 1.54) is 19.3 Å². The van der Waals surface area contributed by atoms with E-state index in [4.69, 9.17) is 18.9 Å². The van der Waals surface area contributed by atoms with Gasteiger partial charge in [-0.25, -0.2) is 4.18 Å². The fraction of sp³-hybridized carbons (Fsp3) is 0.679. The van der Waals surface area contributed by atoms with Gasteiger partial charge >= 0.3 is 16.4 Å². The molecule has 0 aliphatic carbocycles. The van der Waals surface area contributed by atoms with Crippen molar-refractivity contribution in [3.8, 4) is 0 Å². The highest BCUT2D eigenvalue weighted by molar-refractivity contribution is 7.80. The van der Waals surface area contributed by atoms with Crippen LogP contribution < -0.4 is 0 Å². The molecule has 1 aliphatic rings. The summed E-state index contributed by atoms with van der Waals surface area (Å²) in [7, 11) is -5.07. The van der Waals surface area contributed by atoms with Crippen LogP contribution in [0, 0.1) is 0 Å². The largest absolute Gasteiger partial charge is 0.457 e. The summed E-state index contributed by atoms with van der Waals surface area (Å²) in [5, 5.41) is 30.7. The Bertz CT molecular complexity index is 1520. The molecule has 4 N–H and O–H groups in total. The molecule has 0 saturated carbocycles. The van der Waals surface area contributed by atoms with Crippen molar-refractivity contribution in [2.24, 2.45) is 0 Å². The van der Waals surface area contributed by atoms with E-state index in [-0.39, 0.29) is 19.6 Å². The van der Waals surface area contributed by atoms with Gasteiger partial charge in [-0.15, -0.1) is 0 Å². The lowest BCUT2D eigenvalue weighted by Crippen LogP contribution is -2.60. The number of aliphatic hydroxyl groups is 3. The van der Waals surface area contributed by atoms with Gasteiger partial charge < -0.3 is 34.3 Å². The van der Waals surface area contributed by atoms with Crippen LogP contribution in [0.3, 0.4) is 0 Å². The third kappa shape index (κ3) is 36.1. The Hall–Kier alpha value is -2.98. The SMILES string of the molecule is CC/C=C\C/C=C\C/C=C\C/C=C\C/C=C\C/C=C\CCCCCCCCC(=O)OC(COCCCCCCCC/C=C\C/C=C\CCC)COC1OC(CO)C(O)C(OS(=O)(=O)O)C1O. The van der Waals surface area contributed by atoms with Crippen LogP contribution in [0.1, 0.15) is 168 Å². The number of allylic oxidation sites excluding steroid dienone is 16. The van der Waals surface area contributed by atoms with Gasteiger partial charge in [0.25, 0.3) is 0 Å². The zero-order chi connectivity index (χ0) is 48.2. The molecule has 13 heteroatoms. The molecule has 378 valence electrons. The minimum Gasteiger partial charge on any atom is -0.457 e. The third-order valence-electron chi connectivity index (χ3n) is 10.7. The first kappa shape index (κ1) is 61.0. The topological polar surface area (TPSA) is 178 Å². The molecule has 0 amide bonds. The number of aliphatic hydroxyl groups excluding tert-OH is 3. The van der Waals surface area contributed by atoms with Crippen molar-refractivity contribution in [3.05, 3.63) is 97.2 Å². The van der Waals surface area contributed by atoms with Gasteiger partial charge in [-0.2, -0.15) is 8.42 Å². The highest BCUT2D eigenvalue weighted by atomic mass is 32.3. The van der Waals surface area contributed by atoms with Crippen LogP contribution in [0.4, 0.5) is 0 Å². The van der Waals surface area contributed by atoms with Gasteiger partial charge in [0.2, 0.25) is 0 Å². The lowest BCUT2D eigenvalue weighted by molar-refractivity contribution is -0.301. The Morgan fingerprint density at radius 1 is 0.591 bits per heavy atom. The van der Waals surface area contributed by atoms with Gasteiger partial charge in [-0.05, 0) is 89.9 Å². The lowest BCUT2D eigenvalue weighted by Gasteiger charge is -2.41. The van der Waals surface area contributed by atoms with E-state index in [1.807, 2.05) is 0 Å². The predicted octanol–water partition coefficient (Wildman–Crippen LogP) is 11.4. The summed E-state index contributed by atoms with van der Waals surface area (Å²) < 4.78 is 59.2. The number of ether oxygens (including phenoxy) is 4. The summed E-state index contributed by atoms with van der Waals surface area (Å²) in [6.45, 7) is 3.75. The highest BCUT2D eigenvalue weighted by Gasteiger charge is 2.48. The number of rotatable bonds is 42.